The lowest BCUT2D eigenvalue weighted by Crippen LogP contribution is -2.00. The van der Waals surface area contributed by atoms with Crippen molar-refractivity contribution >= 4 is 5.82 Å². The number of aromatic nitrogens is 2. The van der Waals surface area contributed by atoms with Crippen LogP contribution in [0.5, 0.6) is 0 Å². The number of nitrogens with zero attached hydrogens (tertiary/aromatic N) is 2. The zero-order chi connectivity index (χ0) is 10.7. The molecular weight excluding hydrogens is 186 g/mol. The first-order valence-corrected chi connectivity index (χ1v) is 4.87. The predicted molar refractivity (Wildman–Crippen MR) is 60.4 cm³/mol. The molecule has 0 aliphatic heterocycles. The maximum atomic E-state index is 5.78. The molecule has 0 atom stereocenters. The number of hydrogen-bond donors (Lipinski definition) is 1. The molecule has 2 heterocycles. The lowest BCUT2D eigenvalue weighted by Gasteiger charge is -2.05. The molecule has 3 nitrogen and oxygen atoms in total. The molecule has 0 bridgehead atoms. The van der Waals surface area contributed by atoms with Gasteiger partial charge in [0.15, 0.2) is 0 Å². The van der Waals surface area contributed by atoms with Gasteiger partial charge in [-0.2, -0.15) is 0 Å². The Balaban J connectivity index is 2.30. The molecule has 0 amide bonds. The van der Waals surface area contributed by atoms with E-state index >= 15 is 0 Å². The van der Waals surface area contributed by atoms with Crippen LogP contribution in [0, 0.1) is 6.92 Å². The third-order valence-corrected chi connectivity index (χ3v) is 2.40. The predicted octanol–water partition coefficient (Wildman–Crippen LogP) is 1.96. The van der Waals surface area contributed by atoms with Gasteiger partial charge in [0.1, 0.15) is 5.82 Å². The van der Waals surface area contributed by atoms with Gasteiger partial charge >= 0.3 is 0 Å². The molecule has 0 aliphatic rings. The second kappa shape index (κ2) is 4.09. The Morgan fingerprint density at radius 3 is 2.60 bits per heavy atom. The van der Waals surface area contributed by atoms with E-state index in [1.807, 2.05) is 18.2 Å². The van der Waals surface area contributed by atoms with Gasteiger partial charge in [-0.15, -0.1) is 0 Å². The van der Waals surface area contributed by atoms with Gasteiger partial charge in [0.05, 0.1) is 0 Å². The third kappa shape index (κ3) is 2.13. The van der Waals surface area contributed by atoms with Crippen LogP contribution in [0.1, 0.15) is 16.8 Å². The second-order valence-corrected chi connectivity index (χ2v) is 3.49. The third-order valence-electron chi connectivity index (χ3n) is 2.40. The smallest absolute Gasteiger partial charge is 0.126 e. The highest BCUT2D eigenvalue weighted by Gasteiger charge is 2.03. The van der Waals surface area contributed by atoms with E-state index in [-0.39, 0.29) is 0 Å². The van der Waals surface area contributed by atoms with E-state index in [0.717, 1.165) is 17.7 Å². The van der Waals surface area contributed by atoms with Crippen molar-refractivity contribution in [3.8, 4) is 0 Å². The molecule has 2 N–H and O–H groups in total. The summed E-state index contributed by atoms with van der Waals surface area (Å²) in [6, 6.07) is 7.86. The fourth-order valence-electron chi connectivity index (χ4n) is 1.48. The van der Waals surface area contributed by atoms with Crippen LogP contribution in [0.2, 0.25) is 0 Å². The van der Waals surface area contributed by atoms with Crippen LogP contribution < -0.4 is 5.73 Å². The highest BCUT2D eigenvalue weighted by molar-refractivity contribution is 5.41. The van der Waals surface area contributed by atoms with Crippen molar-refractivity contribution in [2.75, 3.05) is 5.73 Å². The van der Waals surface area contributed by atoms with Crippen LogP contribution in [-0.2, 0) is 6.42 Å². The van der Waals surface area contributed by atoms with E-state index in [4.69, 9.17) is 5.73 Å². The molecule has 0 radical (unpaired) electrons. The number of nitrogens with two attached hydrogens (primary N) is 1. The first-order chi connectivity index (χ1) is 7.27. The van der Waals surface area contributed by atoms with Crippen molar-refractivity contribution in [3.05, 3.63) is 53.5 Å². The molecule has 2 aromatic rings. The summed E-state index contributed by atoms with van der Waals surface area (Å²) >= 11 is 0. The van der Waals surface area contributed by atoms with Crippen LogP contribution >= 0.6 is 0 Å². The van der Waals surface area contributed by atoms with Gasteiger partial charge < -0.3 is 5.73 Å². The van der Waals surface area contributed by atoms with Crippen molar-refractivity contribution in [2.45, 2.75) is 13.3 Å². The molecule has 0 fully saturated rings. The second-order valence-electron chi connectivity index (χ2n) is 3.49. The highest BCUT2D eigenvalue weighted by atomic mass is 14.8. The molecule has 2 rings (SSSR count). The largest absolute Gasteiger partial charge is 0.383 e. The van der Waals surface area contributed by atoms with Crippen molar-refractivity contribution in [1.82, 2.24) is 9.97 Å². The van der Waals surface area contributed by atoms with Gasteiger partial charge in [0.25, 0.3) is 0 Å². The Labute approximate surface area is 89.0 Å². The normalized spacial score (nSPS) is 10.2. The minimum absolute atomic E-state index is 0.586. The molecule has 0 saturated carbocycles. The maximum absolute atomic E-state index is 5.78. The summed E-state index contributed by atoms with van der Waals surface area (Å²) < 4.78 is 0. The zero-order valence-electron chi connectivity index (χ0n) is 8.64. The molecule has 0 spiro atoms. The Morgan fingerprint density at radius 1 is 1.13 bits per heavy atom. The first kappa shape index (κ1) is 9.65. The van der Waals surface area contributed by atoms with E-state index in [2.05, 4.69) is 23.0 Å². The number of aryl methyl sites for hydroxylation is 1. The summed E-state index contributed by atoms with van der Waals surface area (Å²) in [6.45, 7) is 2.05. The summed E-state index contributed by atoms with van der Waals surface area (Å²) in [5, 5.41) is 0. The van der Waals surface area contributed by atoms with Crippen molar-refractivity contribution in [2.24, 2.45) is 0 Å². The number of pyridine rings is 2. The van der Waals surface area contributed by atoms with Gasteiger partial charge in [0, 0.05) is 30.1 Å². The van der Waals surface area contributed by atoms with Crippen molar-refractivity contribution < 1.29 is 0 Å². The molecule has 0 unspecified atom stereocenters. The Morgan fingerprint density at radius 2 is 1.87 bits per heavy atom. The minimum Gasteiger partial charge on any atom is -0.383 e. The Hall–Kier alpha value is -1.90. The van der Waals surface area contributed by atoms with Gasteiger partial charge in [-0.1, -0.05) is 12.1 Å². The first-order valence-electron chi connectivity index (χ1n) is 4.87. The van der Waals surface area contributed by atoms with E-state index < -0.39 is 0 Å². The van der Waals surface area contributed by atoms with Gasteiger partial charge in [-0.25, -0.2) is 4.98 Å². The van der Waals surface area contributed by atoms with Gasteiger partial charge in [-0.3, -0.25) is 4.98 Å². The van der Waals surface area contributed by atoms with E-state index in [9.17, 15) is 0 Å². The van der Waals surface area contributed by atoms with E-state index in [1.54, 1.807) is 12.4 Å². The van der Waals surface area contributed by atoms with E-state index in [0.29, 0.717) is 5.82 Å². The standard InChI is InChI=1S/C12H13N3/c1-9-4-2-6-14-11(9)8-10-5-3-7-15-12(10)13/h2-7H,8H2,1H3,(H2,13,15). The lowest BCUT2D eigenvalue weighted by atomic mass is 10.1. The minimum atomic E-state index is 0.586. The molecule has 3 heteroatoms. The summed E-state index contributed by atoms with van der Waals surface area (Å²) in [6.07, 6.45) is 4.24. The molecule has 0 saturated heterocycles. The van der Waals surface area contributed by atoms with E-state index in [1.165, 1.54) is 5.56 Å². The number of nitrogen functional groups attached to an aromatic ring is 1. The van der Waals surface area contributed by atoms with Gasteiger partial charge in [0.2, 0.25) is 0 Å². The number of rotatable bonds is 2. The summed E-state index contributed by atoms with van der Waals surface area (Å²) in [5.41, 5.74) is 9.04. The Bertz CT molecular complexity index is 422. The summed E-state index contributed by atoms with van der Waals surface area (Å²) in [7, 11) is 0. The quantitative estimate of drug-likeness (QED) is 0.804. The average molecular weight is 199 g/mol. The molecule has 0 aromatic carbocycles. The van der Waals surface area contributed by atoms with Crippen molar-refractivity contribution in [1.29, 1.82) is 0 Å². The topological polar surface area (TPSA) is 51.8 Å². The maximum Gasteiger partial charge on any atom is 0.126 e. The molecule has 15 heavy (non-hydrogen) atoms. The van der Waals surface area contributed by atoms with Crippen molar-refractivity contribution in [3.63, 3.8) is 0 Å². The number of anilines is 1. The fraction of sp³-hybridized carbons (Fsp3) is 0.167. The van der Waals surface area contributed by atoms with Crippen LogP contribution in [0.25, 0.3) is 0 Å². The fourth-order valence-corrected chi connectivity index (χ4v) is 1.48. The van der Waals surface area contributed by atoms with Crippen LogP contribution in [0.15, 0.2) is 36.7 Å². The molecule has 0 aliphatic carbocycles. The Kier molecular flexibility index (Phi) is 2.63. The van der Waals surface area contributed by atoms with Crippen LogP contribution in [0.4, 0.5) is 5.82 Å². The lowest BCUT2D eigenvalue weighted by molar-refractivity contribution is 1.03. The summed E-state index contributed by atoms with van der Waals surface area (Å²) in [4.78, 5) is 8.39. The van der Waals surface area contributed by atoms with Crippen LogP contribution in [0.3, 0.4) is 0 Å². The molecule has 2 aromatic heterocycles. The van der Waals surface area contributed by atoms with Gasteiger partial charge in [-0.05, 0) is 24.6 Å². The number of hydrogen-bond acceptors (Lipinski definition) is 3. The molecule has 76 valence electrons. The average Bonchev–Trinajstić information content (AvgIpc) is 2.24. The SMILES string of the molecule is Cc1cccnc1Cc1cccnc1N. The zero-order valence-corrected chi connectivity index (χ0v) is 8.64. The monoisotopic (exact) mass is 199 g/mol. The highest BCUT2D eigenvalue weighted by Crippen LogP contribution is 2.14. The molecular formula is C12H13N3. The van der Waals surface area contributed by atoms with Crippen LogP contribution in [-0.4, -0.2) is 9.97 Å². The summed E-state index contributed by atoms with van der Waals surface area (Å²) in [5.74, 6) is 0.586.